The molecule has 0 saturated carbocycles. The molecule has 0 aliphatic heterocycles. The predicted molar refractivity (Wildman–Crippen MR) is 59.1 cm³/mol. The number of aromatic nitrogens is 1. The van der Waals surface area contributed by atoms with Gasteiger partial charge in [-0.2, -0.15) is 0 Å². The second-order valence-electron chi connectivity index (χ2n) is 3.41. The molecule has 0 saturated heterocycles. The second-order valence-corrected chi connectivity index (χ2v) is 3.41. The molecule has 1 N–H and O–H groups in total. The Kier molecular flexibility index (Phi) is 2.83. The highest BCUT2D eigenvalue weighted by Crippen LogP contribution is 2.18. The van der Waals surface area contributed by atoms with Crippen molar-refractivity contribution in [3.8, 4) is 0 Å². The number of ether oxygens (including phenoxy) is 1. The first-order valence-electron chi connectivity index (χ1n) is 4.91. The van der Waals surface area contributed by atoms with Crippen molar-refractivity contribution < 1.29 is 9.53 Å². The summed E-state index contributed by atoms with van der Waals surface area (Å²) < 4.78 is 4.90. The Morgan fingerprint density at radius 3 is 3.07 bits per heavy atom. The van der Waals surface area contributed by atoms with Crippen LogP contribution in [0.3, 0.4) is 0 Å². The van der Waals surface area contributed by atoms with Crippen molar-refractivity contribution in [2.24, 2.45) is 0 Å². The highest BCUT2D eigenvalue weighted by Gasteiger charge is 2.09. The molecule has 15 heavy (non-hydrogen) atoms. The number of hydrogen-bond acceptors (Lipinski definition) is 2. The Bertz CT molecular complexity index is 473. The van der Waals surface area contributed by atoms with E-state index in [0.717, 1.165) is 16.5 Å². The Balaban J connectivity index is 2.34. The lowest BCUT2D eigenvalue weighted by atomic mass is 10.0. The standard InChI is InChI=1S/C12H13NO2/c1-15-8-6-12(14)10-3-2-4-11-9(10)5-7-13-11/h2-5,7,13H,6,8H2,1H3. The molecule has 1 aromatic heterocycles. The zero-order chi connectivity index (χ0) is 10.7. The summed E-state index contributed by atoms with van der Waals surface area (Å²) in [5.74, 6) is 0.127. The quantitative estimate of drug-likeness (QED) is 0.775. The molecular formula is C12H13NO2. The number of nitrogens with one attached hydrogen (secondary N) is 1. The lowest BCUT2D eigenvalue weighted by Crippen LogP contribution is -2.03. The Morgan fingerprint density at radius 2 is 2.27 bits per heavy atom. The van der Waals surface area contributed by atoms with E-state index in [1.807, 2.05) is 30.5 Å². The van der Waals surface area contributed by atoms with Crippen LogP contribution in [0, 0.1) is 0 Å². The van der Waals surface area contributed by atoms with Crippen molar-refractivity contribution in [2.75, 3.05) is 13.7 Å². The molecule has 0 fully saturated rings. The van der Waals surface area contributed by atoms with Gasteiger partial charge in [0.2, 0.25) is 0 Å². The molecule has 1 heterocycles. The molecule has 78 valence electrons. The zero-order valence-electron chi connectivity index (χ0n) is 8.62. The summed E-state index contributed by atoms with van der Waals surface area (Å²) in [6.45, 7) is 0.472. The number of fused-ring (bicyclic) bond motifs is 1. The van der Waals surface area contributed by atoms with Crippen LogP contribution >= 0.6 is 0 Å². The van der Waals surface area contributed by atoms with Gasteiger partial charge in [-0.15, -0.1) is 0 Å². The number of hydrogen-bond donors (Lipinski definition) is 1. The van der Waals surface area contributed by atoms with Gasteiger partial charge in [-0.1, -0.05) is 12.1 Å². The number of rotatable bonds is 4. The van der Waals surface area contributed by atoms with E-state index >= 15 is 0 Å². The number of benzene rings is 1. The number of methoxy groups -OCH3 is 1. The molecule has 0 aliphatic carbocycles. The van der Waals surface area contributed by atoms with Crippen LogP contribution in [0.2, 0.25) is 0 Å². The van der Waals surface area contributed by atoms with Crippen molar-refractivity contribution in [2.45, 2.75) is 6.42 Å². The Hall–Kier alpha value is -1.61. The van der Waals surface area contributed by atoms with Crippen LogP contribution in [0.25, 0.3) is 10.9 Å². The minimum absolute atomic E-state index is 0.127. The third kappa shape index (κ3) is 1.92. The number of carbonyl (C=O) groups excluding carboxylic acids is 1. The van der Waals surface area contributed by atoms with Gasteiger partial charge in [-0.05, 0) is 12.1 Å². The maximum absolute atomic E-state index is 11.8. The molecule has 0 unspecified atom stereocenters. The highest BCUT2D eigenvalue weighted by atomic mass is 16.5. The average Bonchev–Trinajstić information content (AvgIpc) is 2.73. The van der Waals surface area contributed by atoms with E-state index in [0.29, 0.717) is 13.0 Å². The Morgan fingerprint density at radius 1 is 1.40 bits per heavy atom. The van der Waals surface area contributed by atoms with E-state index in [9.17, 15) is 4.79 Å². The fourth-order valence-electron chi connectivity index (χ4n) is 1.66. The van der Waals surface area contributed by atoms with Crippen LogP contribution in [-0.2, 0) is 4.74 Å². The van der Waals surface area contributed by atoms with E-state index in [1.165, 1.54) is 0 Å². The first kappa shape index (κ1) is 9.93. The monoisotopic (exact) mass is 203 g/mol. The second kappa shape index (κ2) is 4.28. The van der Waals surface area contributed by atoms with Crippen molar-refractivity contribution in [1.29, 1.82) is 0 Å². The molecule has 0 atom stereocenters. The summed E-state index contributed by atoms with van der Waals surface area (Å²) >= 11 is 0. The van der Waals surface area contributed by atoms with Gasteiger partial charge >= 0.3 is 0 Å². The van der Waals surface area contributed by atoms with Gasteiger partial charge in [0.15, 0.2) is 5.78 Å². The SMILES string of the molecule is COCCC(=O)c1cccc2[nH]ccc12. The van der Waals surface area contributed by atoms with Gasteiger partial charge < -0.3 is 9.72 Å². The van der Waals surface area contributed by atoms with Crippen molar-refractivity contribution in [3.63, 3.8) is 0 Å². The summed E-state index contributed by atoms with van der Waals surface area (Å²) in [6.07, 6.45) is 2.28. The molecule has 3 nitrogen and oxygen atoms in total. The fourth-order valence-corrected chi connectivity index (χ4v) is 1.66. The Labute approximate surface area is 88.1 Å². The first-order chi connectivity index (χ1) is 7.33. The molecule has 3 heteroatoms. The van der Waals surface area contributed by atoms with Crippen LogP contribution in [0.15, 0.2) is 30.5 Å². The topological polar surface area (TPSA) is 42.1 Å². The molecule has 0 bridgehead atoms. The third-order valence-corrected chi connectivity index (χ3v) is 2.43. The van der Waals surface area contributed by atoms with Gasteiger partial charge in [-0.3, -0.25) is 4.79 Å². The lowest BCUT2D eigenvalue weighted by molar-refractivity contribution is 0.0934. The summed E-state index contributed by atoms with van der Waals surface area (Å²) in [7, 11) is 1.60. The predicted octanol–water partition coefficient (Wildman–Crippen LogP) is 2.39. The van der Waals surface area contributed by atoms with E-state index < -0.39 is 0 Å². The number of aromatic amines is 1. The van der Waals surface area contributed by atoms with Gasteiger partial charge in [0.25, 0.3) is 0 Å². The first-order valence-corrected chi connectivity index (χ1v) is 4.91. The maximum Gasteiger partial charge on any atom is 0.165 e. The highest BCUT2D eigenvalue weighted by molar-refractivity contribution is 6.07. The minimum Gasteiger partial charge on any atom is -0.384 e. The molecule has 2 aromatic rings. The summed E-state index contributed by atoms with van der Waals surface area (Å²) in [6, 6.07) is 7.63. The molecule has 0 radical (unpaired) electrons. The van der Waals surface area contributed by atoms with E-state index in [2.05, 4.69) is 4.98 Å². The van der Waals surface area contributed by atoms with E-state index in [-0.39, 0.29) is 5.78 Å². The van der Waals surface area contributed by atoms with Gasteiger partial charge in [0.05, 0.1) is 6.61 Å². The van der Waals surface area contributed by atoms with E-state index in [4.69, 9.17) is 4.74 Å². The molecule has 1 aromatic carbocycles. The third-order valence-electron chi connectivity index (χ3n) is 2.43. The van der Waals surface area contributed by atoms with Crippen LogP contribution < -0.4 is 0 Å². The van der Waals surface area contributed by atoms with Gasteiger partial charge in [-0.25, -0.2) is 0 Å². The smallest absolute Gasteiger partial charge is 0.165 e. The number of ketones is 1. The maximum atomic E-state index is 11.8. The number of H-pyrrole nitrogens is 1. The summed E-state index contributed by atoms with van der Waals surface area (Å²) in [4.78, 5) is 14.9. The molecule has 0 amide bonds. The van der Waals surface area contributed by atoms with Crippen LogP contribution in [0.4, 0.5) is 0 Å². The van der Waals surface area contributed by atoms with Crippen molar-refractivity contribution in [1.82, 2.24) is 4.98 Å². The van der Waals surface area contributed by atoms with Crippen LogP contribution in [0.5, 0.6) is 0 Å². The zero-order valence-corrected chi connectivity index (χ0v) is 8.62. The van der Waals surface area contributed by atoms with Crippen molar-refractivity contribution in [3.05, 3.63) is 36.0 Å². The fraction of sp³-hybridized carbons (Fsp3) is 0.250. The van der Waals surface area contributed by atoms with Crippen molar-refractivity contribution >= 4 is 16.7 Å². The molecule has 2 rings (SSSR count). The molecule has 0 aliphatic rings. The summed E-state index contributed by atoms with van der Waals surface area (Å²) in [5.41, 5.74) is 1.77. The lowest BCUT2D eigenvalue weighted by Gasteiger charge is -2.01. The van der Waals surface area contributed by atoms with Crippen LogP contribution in [-0.4, -0.2) is 24.5 Å². The average molecular weight is 203 g/mol. The molecule has 0 spiro atoms. The van der Waals surface area contributed by atoms with E-state index in [1.54, 1.807) is 7.11 Å². The normalized spacial score (nSPS) is 10.7. The number of Topliss-reactive ketones (excluding diaryl/α,β-unsaturated/α-hetero) is 1. The van der Waals surface area contributed by atoms with Crippen LogP contribution in [0.1, 0.15) is 16.8 Å². The molecular weight excluding hydrogens is 190 g/mol. The minimum atomic E-state index is 0.127. The summed E-state index contributed by atoms with van der Waals surface area (Å²) in [5, 5.41) is 0.985. The van der Waals surface area contributed by atoms with Gasteiger partial charge in [0.1, 0.15) is 0 Å². The van der Waals surface area contributed by atoms with Gasteiger partial charge in [0, 0.05) is 36.2 Å². The largest absolute Gasteiger partial charge is 0.384 e. The number of carbonyl (C=O) groups is 1.